The summed E-state index contributed by atoms with van der Waals surface area (Å²) >= 11 is 0. The van der Waals surface area contributed by atoms with Gasteiger partial charge in [0.2, 0.25) is 11.8 Å². The van der Waals surface area contributed by atoms with Crippen molar-refractivity contribution in [3.05, 3.63) is 35.9 Å². The zero-order valence-electron chi connectivity index (χ0n) is 16.9. The minimum Gasteiger partial charge on any atom is -0.340 e. The third-order valence-electron chi connectivity index (χ3n) is 6.61. The molecule has 1 aromatic carbocycles. The van der Waals surface area contributed by atoms with Gasteiger partial charge in [0, 0.05) is 45.2 Å². The minimum absolute atomic E-state index is 0.0366. The van der Waals surface area contributed by atoms with Crippen LogP contribution < -0.4 is 0 Å². The predicted octanol–water partition coefficient (Wildman–Crippen LogP) is 0.927. The highest BCUT2D eigenvalue weighted by Crippen LogP contribution is 2.30. The standard InChI is InChI=1S/C21H29N3O4S/c1-16(17-5-3-2-4-6-17)24-14-18(13-20(24)25)21(26)23-10-8-22(9-11-23)19-7-12-29(27,28)15-19/h2-6,16,18-19H,7-15H2,1H3/t16-,18-,19-/m1/s1. The molecule has 3 fully saturated rings. The lowest BCUT2D eigenvalue weighted by Crippen LogP contribution is -2.53. The van der Waals surface area contributed by atoms with Crippen LogP contribution in [-0.2, 0) is 19.4 Å². The van der Waals surface area contributed by atoms with Gasteiger partial charge in [-0.05, 0) is 18.9 Å². The van der Waals surface area contributed by atoms with Crippen molar-refractivity contribution in [2.45, 2.75) is 31.8 Å². The topological polar surface area (TPSA) is 78.0 Å². The predicted molar refractivity (Wildman–Crippen MR) is 110 cm³/mol. The first kappa shape index (κ1) is 20.3. The Kier molecular flexibility index (Phi) is 5.66. The van der Waals surface area contributed by atoms with E-state index in [4.69, 9.17) is 0 Å². The molecule has 0 bridgehead atoms. The molecule has 8 heteroatoms. The Morgan fingerprint density at radius 3 is 2.41 bits per heavy atom. The second-order valence-corrected chi connectivity index (χ2v) is 10.7. The van der Waals surface area contributed by atoms with Crippen LogP contribution in [0, 0.1) is 5.92 Å². The maximum absolute atomic E-state index is 13.0. The van der Waals surface area contributed by atoms with E-state index < -0.39 is 9.84 Å². The Hall–Kier alpha value is -1.93. The number of piperazine rings is 1. The summed E-state index contributed by atoms with van der Waals surface area (Å²) in [7, 11) is -2.90. The van der Waals surface area contributed by atoms with Crippen LogP contribution in [0.5, 0.6) is 0 Å². The summed E-state index contributed by atoms with van der Waals surface area (Å²) in [4.78, 5) is 31.5. The van der Waals surface area contributed by atoms with Gasteiger partial charge in [-0.25, -0.2) is 8.42 Å². The van der Waals surface area contributed by atoms with Crippen molar-refractivity contribution in [2.75, 3.05) is 44.2 Å². The third kappa shape index (κ3) is 4.33. The maximum atomic E-state index is 13.0. The van der Waals surface area contributed by atoms with Gasteiger partial charge in [-0.2, -0.15) is 0 Å². The molecule has 0 spiro atoms. The number of likely N-dealkylation sites (tertiary alicyclic amines) is 1. The van der Waals surface area contributed by atoms with Crippen molar-refractivity contribution in [3.63, 3.8) is 0 Å². The number of benzene rings is 1. The summed E-state index contributed by atoms with van der Waals surface area (Å²) in [6.45, 7) is 5.10. The van der Waals surface area contributed by atoms with Gasteiger partial charge >= 0.3 is 0 Å². The fraction of sp³-hybridized carbons (Fsp3) is 0.619. The minimum atomic E-state index is -2.90. The van der Waals surface area contributed by atoms with Crippen LogP contribution >= 0.6 is 0 Å². The summed E-state index contributed by atoms with van der Waals surface area (Å²) in [5.41, 5.74) is 1.08. The molecule has 1 aromatic rings. The van der Waals surface area contributed by atoms with Crippen molar-refractivity contribution in [3.8, 4) is 0 Å². The second kappa shape index (κ2) is 8.07. The van der Waals surface area contributed by atoms with Crippen LogP contribution in [0.1, 0.15) is 31.4 Å². The molecule has 158 valence electrons. The molecule has 0 N–H and O–H groups in total. The molecule has 0 aromatic heterocycles. The van der Waals surface area contributed by atoms with E-state index in [-0.39, 0.29) is 47.7 Å². The van der Waals surface area contributed by atoms with Gasteiger partial charge in [-0.15, -0.1) is 0 Å². The normalized spacial score (nSPS) is 28.7. The van der Waals surface area contributed by atoms with Gasteiger partial charge in [0.25, 0.3) is 0 Å². The highest BCUT2D eigenvalue weighted by molar-refractivity contribution is 7.91. The fourth-order valence-electron chi connectivity index (χ4n) is 4.81. The van der Waals surface area contributed by atoms with Crippen LogP contribution in [0.15, 0.2) is 30.3 Å². The van der Waals surface area contributed by atoms with Crippen molar-refractivity contribution in [1.29, 1.82) is 0 Å². The molecular weight excluding hydrogens is 390 g/mol. The molecule has 2 amide bonds. The van der Waals surface area contributed by atoms with Crippen molar-refractivity contribution in [2.24, 2.45) is 5.92 Å². The van der Waals surface area contributed by atoms with E-state index in [0.29, 0.717) is 39.1 Å². The lowest BCUT2D eigenvalue weighted by Gasteiger charge is -2.38. The van der Waals surface area contributed by atoms with E-state index in [1.54, 1.807) is 0 Å². The van der Waals surface area contributed by atoms with Gasteiger partial charge in [-0.3, -0.25) is 14.5 Å². The zero-order valence-corrected chi connectivity index (χ0v) is 17.7. The number of amides is 2. The van der Waals surface area contributed by atoms with E-state index in [2.05, 4.69) is 4.90 Å². The van der Waals surface area contributed by atoms with E-state index in [0.717, 1.165) is 5.56 Å². The van der Waals surface area contributed by atoms with Crippen molar-refractivity contribution in [1.82, 2.24) is 14.7 Å². The first-order chi connectivity index (χ1) is 13.8. The maximum Gasteiger partial charge on any atom is 0.228 e. The quantitative estimate of drug-likeness (QED) is 0.726. The Morgan fingerprint density at radius 1 is 1.10 bits per heavy atom. The number of nitrogens with zero attached hydrogens (tertiary/aromatic N) is 3. The van der Waals surface area contributed by atoms with E-state index in [9.17, 15) is 18.0 Å². The Balaban J connectivity index is 1.32. The van der Waals surface area contributed by atoms with Crippen LogP contribution in [0.2, 0.25) is 0 Å². The van der Waals surface area contributed by atoms with Gasteiger partial charge in [0.15, 0.2) is 9.84 Å². The third-order valence-corrected chi connectivity index (χ3v) is 8.36. The molecule has 7 nitrogen and oxygen atoms in total. The number of carbonyl (C=O) groups excluding carboxylic acids is 2. The summed E-state index contributed by atoms with van der Waals surface area (Å²) < 4.78 is 23.4. The fourth-order valence-corrected chi connectivity index (χ4v) is 6.57. The van der Waals surface area contributed by atoms with Gasteiger partial charge < -0.3 is 9.80 Å². The first-order valence-corrected chi connectivity index (χ1v) is 12.2. The molecule has 29 heavy (non-hydrogen) atoms. The molecule has 0 radical (unpaired) electrons. The second-order valence-electron chi connectivity index (χ2n) is 8.45. The van der Waals surface area contributed by atoms with Crippen molar-refractivity contribution < 1.29 is 18.0 Å². The van der Waals surface area contributed by atoms with Crippen LogP contribution in [0.3, 0.4) is 0 Å². The smallest absolute Gasteiger partial charge is 0.228 e. The molecule has 3 aliphatic rings. The number of carbonyl (C=O) groups is 2. The Morgan fingerprint density at radius 2 is 1.79 bits per heavy atom. The molecule has 3 heterocycles. The number of rotatable bonds is 4. The summed E-state index contributed by atoms with van der Waals surface area (Å²) in [5, 5.41) is 0. The molecule has 3 saturated heterocycles. The first-order valence-electron chi connectivity index (χ1n) is 10.4. The molecule has 3 aliphatic heterocycles. The average Bonchev–Trinajstić information content (AvgIpc) is 3.29. The highest BCUT2D eigenvalue weighted by Gasteiger charge is 2.40. The Bertz CT molecular complexity index is 865. The van der Waals surface area contributed by atoms with Gasteiger partial charge in [0.1, 0.15) is 0 Å². The van der Waals surface area contributed by atoms with E-state index >= 15 is 0 Å². The summed E-state index contributed by atoms with van der Waals surface area (Å²) in [6.07, 6.45) is 0.969. The summed E-state index contributed by atoms with van der Waals surface area (Å²) in [6, 6.07) is 9.95. The molecular formula is C21H29N3O4S. The van der Waals surface area contributed by atoms with Crippen LogP contribution in [-0.4, -0.2) is 85.2 Å². The molecule has 3 atom stereocenters. The van der Waals surface area contributed by atoms with Gasteiger partial charge in [-0.1, -0.05) is 30.3 Å². The Labute approximate surface area is 172 Å². The van der Waals surface area contributed by atoms with Crippen molar-refractivity contribution >= 4 is 21.7 Å². The number of hydrogen-bond donors (Lipinski definition) is 0. The largest absolute Gasteiger partial charge is 0.340 e. The highest BCUT2D eigenvalue weighted by atomic mass is 32.2. The molecule has 0 saturated carbocycles. The van der Waals surface area contributed by atoms with Crippen LogP contribution in [0.4, 0.5) is 0 Å². The SMILES string of the molecule is C[C@H](c1ccccc1)N1C[C@H](C(=O)N2CCN([C@@H]3CCS(=O)(=O)C3)CC2)CC1=O. The molecule has 4 rings (SSSR count). The summed E-state index contributed by atoms with van der Waals surface area (Å²) in [5.74, 6) is 0.322. The van der Waals surface area contributed by atoms with Gasteiger partial charge in [0.05, 0.1) is 23.5 Å². The lowest BCUT2D eigenvalue weighted by molar-refractivity contribution is -0.137. The molecule has 0 unspecified atom stereocenters. The number of sulfone groups is 1. The molecule has 0 aliphatic carbocycles. The van der Waals surface area contributed by atoms with E-state index in [1.807, 2.05) is 47.1 Å². The zero-order chi connectivity index (χ0) is 20.6. The average molecular weight is 420 g/mol. The van der Waals surface area contributed by atoms with E-state index in [1.165, 1.54) is 0 Å². The lowest BCUT2D eigenvalue weighted by atomic mass is 10.1. The number of hydrogen-bond acceptors (Lipinski definition) is 5. The monoisotopic (exact) mass is 419 g/mol. The van der Waals surface area contributed by atoms with Crippen LogP contribution in [0.25, 0.3) is 0 Å².